The van der Waals surface area contributed by atoms with Gasteiger partial charge in [-0.15, -0.1) is 0 Å². The Kier molecular flexibility index (Phi) is 5.67. The molecule has 1 saturated heterocycles. The van der Waals surface area contributed by atoms with E-state index in [1.807, 2.05) is 18.2 Å². The number of thioether (sulfide) groups is 1. The molecule has 0 atom stereocenters. The fourth-order valence-corrected chi connectivity index (χ4v) is 4.98. The second-order valence-corrected chi connectivity index (χ2v) is 8.71. The summed E-state index contributed by atoms with van der Waals surface area (Å²) in [6.45, 7) is 3.08. The van der Waals surface area contributed by atoms with Crippen LogP contribution in [-0.2, 0) is 11.3 Å². The van der Waals surface area contributed by atoms with Crippen molar-refractivity contribution >= 4 is 68.5 Å². The van der Waals surface area contributed by atoms with E-state index in [1.54, 1.807) is 25.3 Å². The van der Waals surface area contributed by atoms with E-state index in [-0.39, 0.29) is 5.91 Å². The average Bonchev–Trinajstić information content (AvgIpc) is 3.19. The van der Waals surface area contributed by atoms with Crippen molar-refractivity contribution in [2.24, 2.45) is 0 Å². The highest BCUT2D eigenvalue weighted by Crippen LogP contribution is 2.39. The Morgan fingerprint density at radius 2 is 2.03 bits per heavy atom. The number of hydrogen-bond donors (Lipinski definition) is 0. The smallest absolute Gasteiger partial charge is 0.270 e. The molecule has 4 nitrogen and oxygen atoms in total. The maximum Gasteiger partial charge on any atom is 0.270 e. The van der Waals surface area contributed by atoms with Gasteiger partial charge in [0.15, 0.2) is 4.32 Å². The van der Waals surface area contributed by atoms with Gasteiger partial charge in [0.25, 0.3) is 5.91 Å². The molecule has 0 bridgehead atoms. The topological polar surface area (TPSA) is 34.5 Å². The van der Waals surface area contributed by atoms with Gasteiger partial charge in [0.05, 0.1) is 22.7 Å². The number of hydrogen-bond acceptors (Lipinski definition) is 4. The van der Waals surface area contributed by atoms with Crippen molar-refractivity contribution < 1.29 is 9.53 Å². The number of anilines is 1. The van der Waals surface area contributed by atoms with Crippen molar-refractivity contribution in [1.82, 2.24) is 4.57 Å². The highest BCUT2D eigenvalue weighted by Gasteiger charge is 2.33. The molecule has 0 saturated carbocycles. The van der Waals surface area contributed by atoms with E-state index in [4.69, 9.17) is 28.6 Å². The van der Waals surface area contributed by atoms with Gasteiger partial charge in [0, 0.05) is 29.2 Å². The van der Waals surface area contributed by atoms with Crippen LogP contribution in [0.25, 0.3) is 17.0 Å². The number of rotatable bonds is 5. The predicted octanol–water partition coefficient (Wildman–Crippen LogP) is 6.12. The normalized spacial score (nSPS) is 15.7. The van der Waals surface area contributed by atoms with E-state index in [9.17, 15) is 4.79 Å². The van der Waals surface area contributed by atoms with Crippen LogP contribution in [0.1, 0.15) is 18.9 Å². The number of methoxy groups -OCH3 is 1. The van der Waals surface area contributed by atoms with Gasteiger partial charge >= 0.3 is 0 Å². The maximum atomic E-state index is 13.1. The van der Waals surface area contributed by atoms with Crippen LogP contribution in [0.15, 0.2) is 53.6 Å². The number of halogens is 1. The first-order valence-corrected chi connectivity index (χ1v) is 10.8. The zero-order valence-electron chi connectivity index (χ0n) is 16.0. The van der Waals surface area contributed by atoms with Crippen LogP contribution in [0.3, 0.4) is 0 Å². The number of benzene rings is 2. The molecule has 1 amide bonds. The lowest BCUT2D eigenvalue weighted by Gasteiger charge is -2.15. The van der Waals surface area contributed by atoms with Crippen molar-refractivity contribution in [1.29, 1.82) is 0 Å². The van der Waals surface area contributed by atoms with Crippen molar-refractivity contribution in [2.45, 2.75) is 19.9 Å². The third-order valence-corrected chi connectivity index (χ3v) is 6.36. The molecule has 1 aromatic heterocycles. The summed E-state index contributed by atoms with van der Waals surface area (Å²) in [5, 5.41) is 1.56. The maximum absolute atomic E-state index is 13.1. The highest BCUT2D eigenvalue weighted by molar-refractivity contribution is 8.27. The summed E-state index contributed by atoms with van der Waals surface area (Å²) in [7, 11) is 1.55. The molecule has 1 fully saturated rings. The molecule has 4 rings (SSSR count). The Balaban J connectivity index is 1.72. The van der Waals surface area contributed by atoms with Crippen LogP contribution in [-0.4, -0.2) is 21.9 Å². The summed E-state index contributed by atoms with van der Waals surface area (Å²) in [5.74, 6) is 0.411. The first-order valence-electron chi connectivity index (χ1n) is 9.23. The Labute approximate surface area is 184 Å². The minimum atomic E-state index is -0.145. The Morgan fingerprint density at radius 1 is 1.24 bits per heavy atom. The molecule has 0 spiro atoms. The molecule has 1 aliphatic heterocycles. The third kappa shape index (κ3) is 3.68. The summed E-state index contributed by atoms with van der Waals surface area (Å²) in [6, 6.07) is 13.4. The van der Waals surface area contributed by atoms with Crippen molar-refractivity contribution in [3.63, 3.8) is 0 Å². The molecule has 3 aromatic rings. The van der Waals surface area contributed by atoms with Gasteiger partial charge in [-0.1, -0.05) is 60.7 Å². The van der Waals surface area contributed by atoms with E-state index in [2.05, 4.69) is 29.8 Å². The summed E-state index contributed by atoms with van der Waals surface area (Å²) < 4.78 is 7.91. The number of amides is 1. The Hall–Kier alpha value is -2.28. The van der Waals surface area contributed by atoms with E-state index in [1.165, 1.54) is 16.7 Å². The summed E-state index contributed by atoms with van der Waals surface area (Å²) in [5.41, 5.74) is 2.82. The zero-order chi connectivity index (χ0) is 20.5. The summed E-state index contributed by atoms with van der Waals surface area (Å²) >= 11 is 13.0. The van der Waals surface area contributed by atoms with Crippen LogP contribution in [0.2, 0.25) is 5.02 Å². The van der Waals surface area contributed by atoms with Gasteiger partial charge in [-0.05, 0) is 36.8 Å². The van der Waals surface area contributed by atoms with Crippen molar-refractivity contribution in [2.75, 3.05) is 12.0 Å². The lowest BCUT2D eigenvalue weighted by molar-refractivity contribution is -0.113. The number of nitrogens with zero attached hydrogens (tertiary/aromatic N) is 2. The fraction of sp³-hybridized carbons (Fsp3) is 0.182. The number of thiocarbonyl (C=S) groups is 1. The molecular weight excluding hydrogens is 424 g/mol. The Morgan fingerprint density at radius 3 is 2.76 bits per heavy atom. The minimum absolute atomic E-state index is 0.145. The molecule has 0 unspecified atom stereocenters. The molecule has 0 N–H and O–H groups in total. The molecule has 2 heterocycles. The van der Waals surface area contributed by atoms with E-state index >= 15 is 0 Å². The van der Waals surface area contributed by atoms with Crippen molar-refractivity contribution in [3.8, 4) is 5.75 Å². The number of para-hydroxylation sites is 1. The first-order chi connectivity index (χ1) is 14.0. The molecule has 29 heavy (non-hydrogen) atoms. The van der Waals surface area contributed by atoms with Crippen LogP contribution >= 0.6 is 35.6 Å². The molecule has 2 aromatic carbocycles. The first kappa shape index (κ1) is 20.0. The second kappa shape index (κ2) is 8.22. The van der Waals surface area contributed by atoms with Gasteiger partial charge < -0.3 is 9.30 Å². The average molecular weight is 443 g/mol. The van der Waals surface area contributed by atoms with E-state index in [0.29, 0.717) is 25.7 Å². The quantitative estimate of drug-likeness (QED) is 0.352. The van der Waals surface area contributed by atoms with Crippen LogP contribution in [0, 0.1) is 0 Å². The molecule has 1 aliphatic rings. The zero-order valence-corrected chi connectivity index (χ0v) is 18.4. The van der Waals surface area contributed by atoms with E-state index in [0.717, 1.165) is 29.4 Å². The number of aryl methyl sites for hydroxylation is 1. The summed E-state index contributed by atoms with van der Waals surface area (Å²) in [4.78, 5) is 15.2. The lowest BCUT2D eigenvalue weighted by atomic mass is 10.1. The minimum Gasteiger partial charge on any atom is -0.495 e. The SMILES string of the molecule is CCCn1cc(/C=C2\SC(=S)N(c3ccc(OC)c(Cl)c3)C2=O)c2ccccc21. The van der Waals surface area contributed by atoms with Crippen molar-refractivity contribution in [3.05, 3.63) is 64.2 Å². The fourth-order valence-electron chi connectivity index (χ4n) is 3.44. The van der Waals surface area contributed by atoms with Gasteiger partial charge in [-0.3, -0.25) is 9.69 Å². The third-order valence-electron chi connectivity index (χ3n) is 4.76. The van der Waals surface area contributed by atoms with Crippen LogP contribution < -0.4 is 9.64 Å². The van der Waals surface area contributed by atoms with Crippen LogP contribution in [0.4, 0.5) is 5.69 Å². The standard InChI is InChI=1S/C22H19ClN2O2S2/c1-3-10-24-13-14(16-6-4-5-7-18(16)24)11-20-21(26)25(22(28)29-20)15-8-9-19(27-2)17(23)12-15/h4-9,11-13H,3,10H2,1-2H3/b20-11-. The van der Waals surface area contributed by atoms with Gasteiger partial charge in [-0.25, -0.2) is 0 Å². The number of carbonyl (C=O) groups is 1. The lowest BCUT2D eigenvalue weighted by Crippen LogP contribution is -2.27. The monoisotopic (exact) mass is 442 g/mol. The molecule has 148 valence electrons. The van der Waals surface area contributed by atoms with E-state index < -0.39 is 0 Å². The number of aromatic nitrogens is 1. The number of carbonyl (C=O) groups excluding carboxylic acids is 1. The number of fused-ring (bicyclic) bond motifs is 1. The largest absolute Gasteiger partial charge is 0.495 e. The van der Waals surface area contributed by atoms with Gasteiger partial charge in [0.1, 0.15) is 5.75 Å². The molecular formula is C22H19ClN2O2S2. The Bertz CT molecular complexity index is 1150. The predicted molar refractivity (Wildman–Crippen MR) is 126 cm³/mol. The van der Waals surface area contributed by atoms with Gasteiger partial charge in [-0.2, -0.15) is 0 Å². The summed E-state index contributed by atoms with van der Waals surface area (Å²) in [6.07, 6.45) is 5.07. The van der Waals surface area contributed by atoms with Gasteiger partial charge in [0.2, 0.25) is 0 Å². The number of ether oxygens (including phenoxy) is 1. The second-order valence-electron chi connectivity index (χ2n) is 6.63. The molecule has 7 heteroatoms. The highest BCUT2D eigenvalue weighted by atomic mass is 35.5. The van der Waals surface area contributed by atoms with Crippen LogP contribution in [0.5, 0.6) is 5.75 Å². The molecule has 0 radical (unpaired) electrons. The molecule has 0 aliphatic carbocycles.